The topological polar surface area (TPSA) is 65.2 Å². The minimum absolute atomic E-state index is 0. The molecular weight excluding hydrogens is 283 g/mol. The average Bonchev–Trinajstić information content (AvgIpc) is 2.45. The van der Waals surface area contributed by atoms with Crippen LogP contribution in [0.2, 0.25) is 0 Å². The van der Waals surface area contributed by atoms with E-state index in [2.05, 4.69) is 9.72 Å². The van der Waals surface area contributed by atoms with Gasteiger partial charge in [-0.2, -0.15) is 0 Å². The lowest BCUT2D eigenvalue weighted by atomic mass is 9.99. The molecule has 0 amide bonds. The smallest absolute Gasteiger partial charge is 0.342 e. The molecule has 1 aromatic carbocycles. The van der Waals surface area contributed by atoms with E-state index in [1.807, 2.05) is 18.2 Å². The quantitative estimate of drug-likeness (QED) is 0.881. The van der Waals surface area contributed by atoms with Gasteiger partial charge in [0.15, 0.2) is 0 Å². The molecule has 0 radical (unpaired) electrons. The molecule has 2 rings (SSSR count). The Morgan fingerprint density at radius 2 is 2.10 bits per heavy atom. The Bertz CT molecular complexity index is 589. The minimum atomic E-state index is -1.88. The standard InChI is InChI=1S/C14H15FN2O2.ClH/c1-2-19-14(18)12(15)13(16)10-7-8-17-11-6-4-3-5-9(10)11;/h3-8,12-13H,2,16H2,1H3;1H/t12?,13-;/m0./s1. The van der Waals surface area contributed by atoms with Crippen LogP contribution in [0.1, 0.15) is 18.5 Å². The summed E-state index contributed by atoms with van der Waals surface area (Å²) in [6, 6.07) is 7.82. The van der Waals surface area contributed by atoms with E-state index < -0.39 is 18.2 Å². The van der Waals surface area contributed by atoms with Crippen LogP contribution in [-0.4, -0.2) is 23.7 Å². The van der Waals surface area contributed by atoms with Crippen molar-refractivity contribution in [2.45, 2.75) is 19.1 Å². The van der Waals surface area contributed by atoms with Gasteiger partial charge in [-0.3, -0.25) is 4.98 Å². The number of para-hydroxylation sites is 1. The number of halogens is 2. The molecule has 2 aromatic rings. The molecule has 0 fully saturated rings. The number of hydrogen-bond acceptors (Lipinski definition) is 4. The van der Waals surface area contributed by atoms with E-state index in [-0.39, 0.29) is 19.0 Å². The third kappa shape index (κ3) is 3.23. The van der Waals surface area contributed by atoms with E-state index in [9.17, 15) is 9.18 Å². The van der Waals surface area contributed by atoms with Crippen LogP contribution >= 0.6 is 12.4 Å². The SMILES string of the molecule is CCOC(=O)C(F)[C@@H](N)c1ccnc2ccccc12.Cl. The molecule has 0 aliphatic rings. The third-order valence-corrected chi connectivity index (χ3v) is 2.87. The highest BCUT2D eigenvalue weighted by Gasteiger charge is 2.28. The van der Waals surface area contributed by atoms with Gasteiger partial charge in [0.05, 0.1) is 18.2 Å². The van der Waals surface area contributed by atoms with Gasteiger partial charge in [-0.25, -0.2) is 9.18 Å². The first-order valence-corrected chi connectivity index (χ1v) is 6.05. The fourth-order valence-corrected chi connectivity index (χ4v) is 1.93. The van der Waals surface area contributed by atoms with Gasteiger partial charge in [-0.1, -0.05) is 18.2 Å². The zero-order chi connectivity index (χ0) is 13.8. The van der Waals surface area contributed by atoms with Crippen LogP contribution in [-0.2, 0) is 9.53 Å². The first-order valence-electron chi connectivity index (χ1n) is 6.05. The van der Waals surface area contributed by atoms with Crippen molar-refractivity contribution < 1.29 is 13.9 Å². The maximum absolute atomic E-state index is 14.0. The van der Waals surface area contributed by atoms with Gasteiger partial charge >= 0.3 is 5.97 Å². The Balaban J connectivity index is 0.00000200. The lowest BCUT2D eigenvalue weighted by molar-refractivity contribution is -0.149. The number of rotatable bonds is 4. The molecule has 6 heteroatoms. The molecular formula is C14H16ClFN2O2. The molecule has 0 spiro atoms. The summed E-state index contributed by atoms with van der Waals surface area (Å²) < 4.78 is 18.6. The predicted molar refractivity (Wildman–Crippen MR) is 77.4 cm³/mol. The first-order chi connectivity index (χ1) is 9.15. The highest BCUT2D eigenvalue weighted by atomic mass is 35.5. The van der Waals surface area contributed by atoms with E-state index in [1.54, 1.807) is 25.3 Å². The number of ether oxygens (including phenoxy) is 1. The second-order valence-electron chi connectivity index (χ2n) is 4.10. The van der Waals surface area contributed by atoms with Gasteiger partial charge in [0, 0.05) is 11.6 Å². The number of nitrogens with two attached hydrogens (primary N) is 1. The number of pyridine rings is 1. The zero-order valence-corrected chi connectivity index (χ0v) is 11.8. The van der Waals surface area contributed by atoms with Crippen LogP contribution in [0.15, 0.2) is 36.5 Å². The molecule has 2 atom stereocenters. The number of alkyl halides is 1. The van der Waals surface area contributed by atoms with E-state index in [1.165, 1.54) is 0 Å². The predicted octanol–water partition coefficient (Wildman–Crippen LogP) is 2.56. The van der Waals surface area contributed by atoms with Gasteiger partial charge < -0.3 is 10.5 Å². The number of benzene rings is 1. The van der Waals surface area contributed by atoms with Crippen LogP contribution in [0.3, 0.4) is 0 Å². The van der Waals surface area contributed by atoms with E-state index in [0.717, 1.165) is 5.39 Å². The second kappa shape index (κ2) is 7.17. The van der Waals surface area contributed by atoms with Gasteiger partial charge in [-0.05, 0) is 24.6 Å². The summed E-state index contributed by atoms with van der Waals surface area (Å²) in [7, 11) is 0. The summed E-state index contributed by atoms with van der Waals surface area (Å²) in [5.41, 5.74) is 7.09. The van der Waals surface area contributed by atoms with Crippen molar-refractivity contribution in [3.05, 3.63) is 42.1 Å². The highest BCUT2D eigenvalue weighted by Crippen LogP contribution is 2.25. The summed E-state index contributed by atoms with van der Waals surface area (Å²) in [5, 5.41) is 0.740. The van der Waals surface area contributed by atoms with E-state index in [0.29, 0.717) is 11.1 Å². The largest absolute Gasteiger partial charge is 0.464 e. The van der Waals surface area contributed by atoms with Crippen molar-refractivity contribution in [1.82, 2.24) is 4.98 Å². The van der Waals surface area contributed by atoms with E-state index in [4.69, 9.17) is 5.73 Å². The van der Waals surface area contributed by atoms with Crippen molar-refractivity contribution in [2.75, 3.05) is 6.61 Å². The molecule has 0 saturated heterocycles. The fourth-order valence-electron chi connectivity index (χ4n) is 1.93. The Kier molecular flexibility index (Phi) is 5.85. The van der Waals surface area contributed by atoms with Crippen LogP contribution in [0.25, 0.3) is 10.9 Å². The van der Waals surface area contributed by atoms with Crippen LogP contribution in [0.5, 0.6) is 0 Å². The molecule has 0 aliphatic carbocycles. The molecule has 108 valence electrons. The van der Waals surface area contributed by atoms with Gasteiger partial charge in [-0.15, -0.1) is 12.4 Å². The number of esters is 1. The molecule has 1 unspecified atom stereocenters. The summed E-state index contributed by atoms with van der Waals surface area (Å²) in [6.45, 7) is 1.75. The first kappa shape index (κ1) is 16.3. The minimum Gasteiger partial charge on any atom is -0.464 e. The lowest BCUT2D eigenvalue weighted by Gasteiger charge is -2.17. The summed E-state index contributed by atoms with van der Waals surface area (Å²) in [6.07, 6.45) is -0.333. The average molecular weight is 299 g/mol. The second-order valence-corrected chi connectivity index (χ2v) is 4.10. The van der Waals surface area contributed by atoms with Crippen LogP contribution in [0, 0.1) is 0 Å². The Morgan fingerprint density at radius 1 is 1.40 bits per heavy atom. The number of aromatic nitrogens is 1. The van der Waals surface area contributed by atoms with Crippen molar-refractivity contribution in [2.24, 2.45) is 5.73 Å². The molecule has 1 aromatic heterocycles. The van der Waals surface area contributed by atoms with Crippen LogP contribution < -0.4 is 5.73 Å². The summed E-state index contributed by atoms with van der Waals surface area (Å²) >= 11 is 0. The zero-order valence-electron chi connectivity index (χ0n) is 11.0. The fraction of sp³-hybridized carbons (Fsp3) is 0.286. The number of hydrogen-bond donors (Lipinski definition) is 1. The molecule has 4 nitrogen and oxygen atoms in total. The highest BCUT2D eigenvalue weighted by molar-refractivity contribution is 5.85. The Labute approximate surface area is 122 Å². The number of carbonyl (C=O) groups is 1. The third-order valence-electron chi connectivity index (χ3n) is 2.87. The molecule has 0 aliphatic heterocycles. The summed E-state index contributed by atoms with van der Waals surface area (Å²) in [5.74, 6) is -0.934. The molecule has 2 N–H and O–H groups in total. The Morgan fingerprint density at radius 3 is 2.80 bits per heavy atom. The molecule has 0 bridgehead atoms. The van der Waals surface area contributed by atoms with Gasteiger partial charge in [0.2, 0.25) is 6.17 Å². The van der Waals surface area contributed by atoms with Gasteiger partial charge in [0.25, 0.3) is 0 Å². The van der Waals surface area contributed by atoms with Crippen molar-refractivity contribution in [3.63, 3.8) is 0 Å². The van der Waals surface area contributed by atoms with Crippen LogP contribution in [0.4, 0.5) is 4.39 Å². The van der Waals surface area contributed by atoms with Crippen molar-refractivity contribution in [1.29, 1.82) is 0 Å². The maximum atomic E-state index is 14.0. The summed E-state index contributed by atoms with van der Waals surface area (Å²) in [4.78, 5) is 15.6. The molecule has 20 heavy (non-hydrogen) atoms. The number of carbonyl (C=O) groups excluding carboxylic acids is 1. The lowest BCUT2D eigenvalue weighted by Crippen LogP contribution is -2.31. The molecule has 0 saturated carbocycles. The monoisotopic (exact) mass is 298 g/mol. The van der Waals surface area contributed by atoms with E-state index >= 15 is 0 Å². The normalized spacial score (nSPS) is 13.3. The molecule has 1 heterocycles. The number of nitrogens with zero attached hydrogens (tertiary/aromatic N) is 1. The van der Waals surface area contributed by atoms with Crippen molar-refractivity contribution >= 4 is 29.3 Å². The van der Waals surface area contributed by atoms with Gasteiger partial charge in [0.1, 0.15) is 0 Å². The van der Waals surface area contributed by atoms with Crippen molar-refractivity contribution in [3.8, 4) is 0 Å². The maximum Gasteiger partial charge on any atom is 0.342 e. The number of fused-ring (bicyclic) bond motifs is 1. The Hall–Kier alpha value is -1.72.